The van der Waals surface area contributed by atoms with Crippen molar-refractivity contribution in [3.05, 3.63) is 87.6 Å². The van der Waals surface area contributed by atoms with Crippen molar-refractivity contribution < 1.29 is 24.0 Å². The van der Waals surface area contributed by atoms with Crippen LogP contribution >= 0.6 is 0 Å². The van der Waals surface area contributed by atoms with Gasteiger partial charge in [-0.2, -0.15) is 0 Å². The molecule has 0 radical (unpaired) electrons. The summed E-state index contributed by atoms with van der Waals surface area (Å²) in [5.74, 6) is -1.84. The minimum Gasteiger partial charge on any atom is -0.478 e. The molecule has 0 unspecified atom stereocenters. The molecule has 1 atom stereocenters. The van der Waals surface area contributed by atoms with E-state index in [1.165, 1.54) is 12.4 Å². The van der Waals surface area contributed by atoms with Crippen LogP contribution in [0.3, 0.4) is 0 Å². The van der Waals surface area contributed by atoms with Crippen molar-refractivity contribution in [1.29, 1.82) is 0 Å². The van der Waals surface area contributed by atoms with E-state index in [4.69, 9.17) is 4.52 Å². The lowest BCUT2D eigenvalue weighted by atomic mass is 9.98. The van der Waals surface area contributed by atoms with Crippen LogP contribution in [0.2, 0.25) is 0 Å². The Morgan fingerprint density at radius 3 is 2.61 bits per heavy atom. The van der Waals surface area contributed by atoms with Crippen LogP contribution in [-0.2, 0) is 13.0 Å². The lowest BCUT2D eigenvalue weighted by Gasteiger charge is -2.15. The molecule has 1 aliphatic rings. The lowest BCUT2D eigenvalue weighted by molar-refractivity contribution is 0.0695. The van der Waals surface area contributed by atoms with E-state index in [0.29, 0.717) is 18.4 Å². The third kappa shape index (κ3) is 4.28. The second-order valence-corrected chi connectivity index (χ2v) is 8.75. The highest BCUT2D eigenvalue weighted by Gasteiger charge is 2.28. The van der Waals surface area contributed by atoms with Gasteiger partial charge in [0.1, 0.15) is 17.7 Å². The molecule has 0 spiro atoms. The highest BCUT2D eigenvalue weighted by Crippen LogP contribution is 2.34. The largest absolute Gasteiger partial charge is 0.478 e. The molecular formula is C26H23N5O5. The smallest absolute Gasteiger partial charge is 0.335 e. The molecule has 0 saturated carbocycles. The number of hydrogen-bond acceptors (Lipinski definition) is 7. The monoisotopic (exact) mass is 485 g/mol. The zero-order valence-corrected chi connectivity index (χ0v) is 19.7. The third-order valence-electron chi connectivity index (χ3n) is 6.53. The third-order valence-corrected chi connectivity index (χ3v) is 6.53. The number of amides is 2. The van der Waals surface area contributed by atoms with E-state index in [9.17, 15) is 19.5 Å². The van der Waals surface area contributed by atoms with E-state index in [2.05, 4.69) is 25.8 Å². The molecule has 182 valence electrons. The maximum Gasteiger partial charge on any atom is 0.335 e. The van der Waals surface area contributed by atoms with E-state index < -0.39 is 17.8 Å². The van der Waals surface area contributed by atoms with Gasteiger partial charge < -0.3 is 20.3 Å². The number of nitrogens with one attached hydrogen (secondary N) is 2. The first-order chi connectivity index (χ1) is 17.3. The Hall–Kier alpha value is -4.60. The lowest BCUT2D eigenvalue weighted by Crippen LogP contribution is -2.29. The highest BCUT2D eigenvalue weighted by atomic mass is 16.5. The zero-order valence-electron chi connectivity index (χ0n) is 19.7. The number of carboxylic acid groups (broad SMARTS) is 1. The first-order valence-corrected chi connectivity index (χ1v) is 11.4. The summed E-state index contributed by atoms with van der Waals surface area (Å²) in [7, 11) is 0. The van der Waals surface area contributed by atoms with Gasteiger partial charge in [0, 0.05) is 18.0 Å². The maximum atomic E-state index is 12.9. The zero-order chi connectivity index (χ0) is 25.4. The standard InChI is InChI=1S/C26H23N5O5/c1-13-16-6-7-20(18(16)5-4-17(13)26(34)35)30-25(33)22-10-21(28-12-29-22)24(32)27-11-15-3-8-23-19(9-15)14(2)31-36-23/h3-5,8-10,12,20H,6-7,11H2,1-2H3,(H,27,32)(H,30,33)(H,34,35)/t20-/m0/s1. The summed E-state index contributed by atoms with van der Waals surface area (Å²) in [6.45, 7) is 3.90. The Balaban J connectivity index is 1.26. The van der Waals surface area contributed by atoms with Gasteiger partial charge in [-0.15, -0.1) is 0 Å². The Labute approximate surface area is 205 Å². The van der Waals surface area contributed by atoms with E-state index in [1.807, 2.05) is 19.1 Å². The van der Waals surface area contributed by atoms with Crippen LogP contribution in [0.5, 0.6) is 0 Å². The minimum absolute atomic E-state index is 0.0731. The van der Waals surface area contributed by atoms with Gasteiger partial charge in [0.15, 0.2) is 5.58 Å². The number of carboxylic acids is 1. The molecule has 0 fully saturated rings. The number of carbonyl (C=O) groups excluding carboxylic acids is 2. The summed E-state index contributed by atoms with van der Waals surface area (Å²) in [6, 6.07) is 9.95. The van der Waals surface area contributed by atoms with E-state index in [0.717, 1.165) is 33.3 Å². The van der Waals surface area contributed by atoms with Crippen LogP contribution in [0.1, 0.15) is 71.7 Å². The molecule has 2 aromatic carbocycles. The molecule has 0 bridgehead atoms. The molecule has 3 N–H and O–H groups in total. The van der Waals surface area contributed by atoms with Gasteiger partial charge in [-0.05, 0) is 67.1 Å². The first-order valence-electron chi connectivity index (χ1n) is 11.4. The van der Waals surface area contributed by atoms with Crippen molar-refractivity contribution in [2.24, 2.45) is 0 Å². The Morgan fingerprint density at radius 2 is 1.83 bits per heavy atom. The molecule has 0 saturated heterocycles. The summed E-state index contributed by atoms with van der Waals surface area (Å²) in [5.41, 5.74) is 5.30. The molecule has 2 heterocycles. The summed E-state index contributed by atoms with van der Waals surface area (Å²) >= 11 is 0. The van der Waals surface area contributed by atoms with Gasteiger partial charge in [0.05, 0.1) is 17.3 Å². The van der Waals surface area contributed by atoms with Crippen LogP contribution in [0.15, 0.2) is 47.2 Å². The predicted molar refractivity (Wildman–Crippen MR) is 129 cm³/mol. The van der Waals surface area contributed by atoms with Crippen LogP contribution in [0.4, 0.5) is 0 Å². The average molecular weight is 486 g/mol. The second kappa shape index (κ2) is 9.21. The Bertz CT molecular complexity index is 1530. The number of aromatic nitrogens is 3. The molecule has 10 nitrogen and oxygen atoms in total. The van der Waals surface area contributed by atoms with Gasteiger partial charge in [-0.3, -0.25) is 9.59 Å². The van der Waals surface area contributed by atoms with Crippen molar-refractivity contribution in [2.75, 3.05) is 0 Å². The van der Waals surface area contributed by atoms with Gasteiger partial charge in [0.2, 0.25) is 0 Å². The number of aromatic carboxylic acids is 1. The number of rotatable bonds is 6. The van der Waals surface area contributed by atoms with Crippen molar-refractivity contribution in [2.45, 2.75) is 39.3 Å². The van der Waals surface area contributed by atoms with Crippen LogP contribution in [0, 0.1) is 13.8 Å². The van der Waals surface area contributed by atoms with Crippen molar-refractivity contribution in [1.82, 2.24) is 25.8 Å². The fraction of sp³-hybridized carbons (Fsp3) is 0.231. The summed E-state index contributed by atoms with van der Waals surface area (Å²) in [4.78, 5) is 45.1. The van der Waals surface area contributed by atoms with Crippen molar-refractivity contribution in [3.63, 3.8) is 0 Å². The summed E-state index contributed by atoms with van der Waals surface area (Å²) in [5, 5.41) is 19.9. The minimum atomic E-state index is -0.969. The molecule has 2 aromatic heterocycles. The Morgan fingerprint density at radius 1 is 1.06 bits per heavy atom. The number of hydrogen-bond donors (Lipinski definition) is 3. The molecule has 5 rings (SSSR count). The quantitative estimate of drug-likeness (QED) is 0.377. The number of nitrogens with zero attached hydrogens (tertiary/aromatic N) is 3. The fourth-order valence-corrected chi connectivity index (χ4v) is 4.59. The number of carbonyl (C=O) groups is 3. The summed E-state index contributed by atoms with van der Waals surface area (Å²) in [6.07, 6.45) is 2.51. The van der Waals surface area contributed by atoms with Crippen molar-refractivity contribution in [3.8, 4) is 0 Å². The molecule has 1 aliphatic carbocycles. The van der Waals surface area contributed by atoms with Crippen LogP contribution in [-0.4, -0.2) is 38.0 Å². The number of benzene rings is 2. The normalized spacial score (nSPS) is 14.4. The topological polar surface area (TPSA) is 147 Å². The van der Waals surface area contributed by atoms with E-state index in [-0.39, 0.29) is 29.5 Å². The second-order valence-electron chi connectivity index (χ2n) is 8.75. The predicted octanol–water partition coefficient (Wildman–Crippen LogP) is 3.28. The SMILES string of the molecule is Cc1c(C(=O)O)ccc2c1CC[C@@H]2NC(=O)c1cc(C(=O)NCc2ccc3onc(C)c3c2)ncn1. The number of fused-ring (bicyclic) bond motifs is 2. The van der Waals surface area contributed by atoms with Gasteiger partial charge in [-0.25, -0.2) is 14.8 Å². The van der Waals surface area contributed by atoms with Gasteiger partial charge >= 0.3 is 5.97 Å². The van der Waals surface area contributed by atoms with Crippen molar-refractivity contribution >= 4 is 28.8 Å². The van der Waals surface area contributed by atoms with E-state index >= 15 is 0 Å². The molecule has 36 heavy (non-hydrogen) atoms. The van der Waals surface area contributed by atoms with E-state index in [1.54, 1.807) is 25.1 Å². The van der Waals surface area contributed by atoms with Gasteiger partial charge in [0.25, 0.3) is 11.8 Å². The molecule has 10 heteroatoms. The van der Waals surface area contributed by atoms with Gasteiger partial charge in [-0.1, -0.05) is 17.3 Å². The van der Waals surface area contributed by atoms with Crippen LogP contribution in [0.25, 0.3) is 11.0 Å². The van der Waals surface area contributed by atoms with Crippen LogP contribution < -0.4 is 10.6 Å². The molecule has 4 aromatic rings. The highest BCUT2D eigenvalue weighted by molar-refractivity contribution is 5.97. The summed E-state index contributed by atoms with van der Waals surface area (Å²) < 4.78 is 5.21. The maximum absolute atomic E-state index is 12.9. The average Bonchev–Trinajstić information content (AvgIpc) is 3.46. The fourth-order valence-electron chi connectivity index (χ4n) is 4.59. The molecule has 0 aliphatic heterocycles. The molecular weight excluding hydrogens is 462 g/mol. The first kappa shape index (κ1) is 23.2. The number of aryl methyl sites for hydroxylation is 1. The Kier molecular flexibility index (Phi) is 5.93. The molecule has 2 amide bonds.